The number of rotatable bonds is 3. The van der Waals surface area contributed by atoms with E-state index in [1.807, 2.05) is 6.07 Å². The van der Waals surface area contributed by atoms with Crippen LogP contribution in [0.4, 0.5) is 0 Å². The molecule has 0 saturated carbocycles. The van der Waals surface area contributed by atoms with Gasteiger partial charge in [0.15, 0.2) is 0 Å². The van der Waals surface area contributed by atoms with E-state index in [1.54, 1.807) is 42.5 Å². The maximum atomic E-state index is 11.7. The Balaban J connectivity index is 2.37. The van der Waals surface area contributed by atoms with Gasteiger partial charge in [-0.2, -0.15) is 0 Å². The topological polar surface area (TPSA) is 43.4 Å². The van der Waals surface area contributed by atoms with Crippen LogP contribution in [0.2, 0.25) is 0 Å². The number of hydrogen-bond donors (Lipinski definition) is 0. The van der Waals surface area contributed by atoms with Crippen molar-refractivity contribution in [1.29, 1.82) is 0 Å². The normalized spacial score (nSPS) is 23.6. The maximum Gasteiger partial charge on any atom is 0.277 e. The first kappa shape index (κ1) is 12.2. The number of halogens is 1. The standard InChI is InChI=1S/C12H11ClO3S/c13-17(14,15)12(9-5-2-6-10-12)16-11-7-3-1-4-8-11/h1-9H,10H2. The first-order valence-corrected chi connectivity index (χ1v) is 7.37. The summed E-state index contributed by atoms with van der Waals surface area (Å²) >= 11 is 0. The second-order valence-corrected chi connectivity index (χ2v) is 6.44. The summed E-state index contributed by atoms with van der Waals surface area (Å²) in [6, 6.07) is 8.75. The molecule has 0 amide bonds. The summed E-state index contributed by atoms with van der Waals surface area (Å²) in [6.45, 7) is 0. The molecule has 1 unspecified atom stereocenters. The van der Waals surface area contributed by atoms with E-state index in [2.05, 4.69) is 0 Å². The number of ether oxygens (including phenoxy) is 1. The molecule has 0 bridgehead atoms. The van der Waals surface area contributed by atoms with Crippen molar-refractivity contribution in [3.63, 3.8) is 0 Å². The van der Waals surface area contributed by atoms with Crippen LogP contribution in [-0.4, -0.2) is 13.4 Å². The molecule has 1 aliphatic carbocycles. The first-order valence-electron chi connectivity index (χ1n) is 5.06. The van der Waals surface area contributed by atoms with Crippen molar-refractivity contribution < 1.29 is 13.2 Å². The fraction of sp³-hybridized carbons (Fsp3) is 0.167. The Morgan fingerprint density at radius 1 is 1.18 bits per heavy atom. The van der Waals surface area contributed by atoms with Crippen LogP contribution in [0.1, 0.15) is 6.42 Å². The molecule has 5 heteroatoms. The summed E-state index contributed by atoms with van der Waals surface area (Å²) in [5, 5.41) is 0. The van der Waals surface area contributed by atoms with Gasteiger partial charge in [-0.05, 0) is 18.2 Å². The van der Waals surface area contributed by atoms with Crippen LogP contribution in [-0.2, 0) is 9.05 Å². The van der Waals surface area contributed by atoms with Crippen LogP contribution in [0.5, 0.6) is 5.75 Å². The zero-order valence-electron chi connectivity index (χ0n) is 8.91. The molecule has 0 fully saturated rings. The largest absolute Gasteiger partial charge is 0.466 e. The molecule has 1 aromatic rings. The van der Waals surface area contributed by atoms with Gasteiger partial charge in [0.05, 0.1) is 0 Å². The van der Waals surface area contributed by atoms with Crippen LogP contribution in [0, 0.1) is 0 Å². The second kappa shape index (κ2) is 4.55. The van der Waals surface area contributed by atoms with E-state index in [9.17, 15) is 8.42 Å². The number of para-hydroxylation sites is 1. The van der Waals surface area contributed by atoms with E-state index >= 15 is 0 Å². The SMILES string of the molecule is O=S(=O)(Cl)C1(Oc2ccccc2)C=CC=CC1. The summed E-state index contributed by atoms with van der Waals surface area (Å²) in [4.78, 5) is -1.51. The average Bonchev–Trinajstić information content (AvgIpc) is 2.30. The third kappa shape index (κ3) is 2.53. The molecule has 17 heavy (non-hydrogen) atoms. The van der Waals surface area contributed by atoms with Gasteiger partial charge < -0.3 is 4.74 Å². The fourth-order valence-electron chi connectivity index (χ4n) is 1.58. The van der Waals surface area contributed by atoms with Gasteiger partial charge in [-0.1, -0.05) is 36.4 Å². The summed E-state index contributed by atoms with van der Waals surface area (Å²) < 4.78 is 28.9. The van der Waals surface area contributed by atoms with Crippen molar-refractivity contribution in [1.82, 2.24) is 0 Å². The Kier molecular flexibility index (Phi) is 3.26. The van der Waals surface area contributed by atoms with Crippen LogP contribution in [0.3, 0.4) is 0 Å². The monoisotopic (exact) mass is 270 g/mol. The highest BCUT2D eigenvalue weighted by molar-refractivity contribution is 8.14. The van der Waals surface area contributed by atoms with Crippen LogP contribution in [0.25, 0.3) is 0 Å². The van der Waals surface area contributed by atoms with E-state index < -0.39 is 14.0 Å². The minimum absolute atomic E-state index is 0.199. The number of allylic oxidation sites excluding steroid dienone is 2. The molecule has 1 atom stereocenters. The van der Waals surface area contributed by atoms with Crippen LogP contribution < -0.4 is 4.74 Å². The van der Waals surface area contributed by atoms with E-state index in [1.165, 1.54) is 6.08 Å². The molecule has 0 N–H and O–H groups in total. The molecule has 0 spiro atoms. The lowest BCUT2D eigenvalue weighted by atomic mass is 10.1. The molecule has 0 radical (unpaired) electrons. The molecule has 2 rings (SSSR count). The van der Waals surface area contributed by atoms with Gasteiger partial charge in [0.1, 0.15) is 5.75 Å². The zero-order chi connectivity index (χ0) is 12.4. The van der Waals surface area contributed by atoms with Crippen molar-refractivity contribution in [3.05, 3.63) is 54.6 Å². The smallest absolute Gasteiger partial charge is 0.277 e. The van der Waals surface area contributed by atoms with Crippen molar-refractivity contribution in [2.75, 3.05) is 0 Å². The fourth-order valence-corrected chi connectivity index (χ4v) is 2.75. The van der Waals surface area contributed by atoms with Crippen molar-refractivity contribution in [3.8, 4) is 5.75 Å². The summed E-state index contributed by atoms with van der Waals surface area (Å²) in [5.74, 6) is 0.469. The molecular weight excluding hydrogens is 260 g/mol. The van der Waals surface area contributed by atoms with Gasteiger partial charge in [0.2, 0.25) is 4.93 Å². The highest BCUT2D eigenvalue weighted by atomic mass is 35.7. The van der Waals surface area contributed by atoms with E-state index in [0.29, 0.717) is 5.75 Å². The molecule has 0 aliphatic heterocycles. The first-order chi connectivity index (χ1) is 8.04. The van der Waals surface area contributed by atoms with E-state index in [4.69, 9.17) is 15.4 Å². The molecule has 0 saturated heterocycles. The quantitative estimate of drug-likeness (QED) is 0.793. The molecular formula is C12H11ClO3S. The molecule has 0 aromatic heterocycles. The zero-order valence-corrected chi connectivity index (χ0v) is 10.5. The van der Waals surface area contributed by atoms with Gasteiger partial charge in [-0.15, -0.1) is 0 Å². The van der Waals surface area contributed by atoms with E-state index in [0.717, 1.165) is 0 Å². The van der Waals surface area contributed by atoms with Crippen molar-refractivity contribution in [2.45, 2.75) is 11.4 Å². The summed E-state index contributed by atoms with van der Waals surface area (Å²) in [7, 11) is 1.61. The third-order valence-electron chi connectivity index (χ3n) is 2.45. The number of hydrogen-bond acceptors (Lipinski definition) is 3. The predicted molar refractivity (Wildman–Crippen MR) is 67.5 cm³/mol. The molecule has 1 aliphatic rings. The second-order valence-electron chi connectivity index (χ2n) is 3.66. The van der Waals surface area contributed by atoms with Crippen LogP contribution >= 0.6 is 10.7 Å². The van der Waals surface area contributed by atoms with Gasteiger partial charge in [0, 0.05) is 17.1 Å². The van der Waals surface area contributed by atoms with Crippen LogP contribution in [0.15, 0.2) is 54.6 Å². The molecule has 1 aromatic carbocycles. The maximum absolute atomic E-state index is 11.7. The third-order valence-corrected chi connectivity index (χ3v) is 4.44. The Hall–Kier alpha value is -1.26. The van der Waals surface area contributed by atoms with Crippen molar-refractivity contribution >= 4 is 19.7 Å². The van der Waals surface area contributed by atoms with Gasteiger partial charge in [-0.25, -0.2) is 8.42 Å². The predicted octanol–water partition coefficient (Wildman–Crippen LogP) is 2.85. The molecule has 90 valence electrons. The molecule has 0 heterocycles. The molecule has 3 nitrogen and oxygen atoms in total. The van der Waals surface area contributed by atoms with Gasteiger partial charge >= 0.3 is 0 Å². The Labute approximate surface area is 105 Å². The minimum Gasteiger partial charge on any atom is -0.466 e. The highest BCUT2D eigenvalue weighted by Crippen LogP contribution is 2.33. The van der Waals surface area contributed by atoms with E-state index in [-0.39, 0.29) is 6.42 Å². The average molecular weight is 271 g/mol. The number of benzene rings is 1. The minimum atomic E-state index is -3.87. The summed E-state index contributed by atoms with van der Waals surface area (Å²) in [6.07, 6.45) is 6.75. The lowest BCUT2D eigenvalue weighted by Gasteiger charge is -2.28. The summed E-state index contributed by atoms with van der Waals surface area (Å²) in [5.41, 5.74) is 0. The Bertz CT molecular complexity index is 548. The lowest BCUT2D eigenvalue weighted by Crippen LogP contribution is -2.40. The highest BCUT2D eigenvalue weighted by Gasteiger charge is 2.42. The van der Waals surface area contributed by atoms with Crippen molar-refractivity contribution in [2.24, 2.45) is 0 Å². The Morgan fingerprint density at radius 2 is 1.88 bits per heavy atom. The lowest BCUT2D eigenvalue weighted by molar-refractivity contribution is 0.206. The van der Waals surface area contributed by atoms with Gasteiger partial charge in [-0.3, -0.25) is 0 Å². The Morgan fingerprint density at radius 3 is 2.41 bits per heavy atom. The van der Waals surface area contributed by atoms with Gasteiger partial charge in [0.25, 0.3) is 9.05 Å².